The minimum absolute atomic E-state index is 0.152. The van der Waals surface area contributed by atoms with Crippen molar-refractivity contribution in [2.75, 3.05) is 0 Å². The second-order valence-electron chi connectivity index (χ2n) is 6.07. The summed E-state index contributed by atoms with van der Waals surface area (Å²) in [7, 11) is 0. The molecule has 4 aromatic rings. The first kappa shape index (κ1) is 18.9. The van der Waals surface area contributed by atoms with Crippen LogP contribution in [0, 0.1) is 0 Å². The van der Waals surface area contributed by atoms with Gasteiger partial charge < -0.3 is 14.6 Å². The van der Waals surface area contributed by atoms with Gasteiger partial charge in [-0.15, -0.1) is 0 Å². The molecule has 0 aliphatic carbocycles. The van der Waals surface area contributed by atoms with Gasteiger partial charge >= 0.3 is 6.18 Å². The minimum atomic E-state index is -5.05. The number of nitrogens with zero attached hydrogens (tertiary/aromatic N) is 2. The summed E-state index contributed by atoms with van der Waals surface area (Å²) in [5.74, 6) is -3.29. The van der Waals surface area contributed by atoms with Crippen LogP contribution in [-0.4, -0.2) is 20.0 Å². The second kappa shape index (κ2) is 6.56. The van der Waals surface area contributed by atoms with Crippen LogP contribution in [0.3, 0.4) is 0 Å². The van der Waals surface area contributed by atoms with Gasteiger partial charge in [-0.1, -0.05) is 23.7 Å². The quantitative estimate of drug-likeness (QED) is 0.456. The highest BCUT2D eigenvalue weighted by atomic mass is 35.5. The molecule has 0 saturated carbocycles. The van der Waals surface area contributed by atoms with Crippen molar-refractivity contribution in [1.29, 1.82) is 0 Å². The third kappa shape index (κ3) is 3.09. The van der Waals surface area contributed by atoms with E-state index in [9.17, 15) is 28.2 Å². The first-order chi connectivity index (χ1) is 13.7. The van der Waals surface area contributed by atoms with Crippen molar-refractivity contribution in [3.8, 4) is 28.3 Å². The van der Waals surface area contributed by atoms with E-state index in [1.54, 1.807) is 24.3 Å². The molecule has 2 heterocycles. The number of hydrogen-bond acceptors (Lipinski definition) is 5. The number of para-hydroxylation sites is 1. The number of benzene rings is 2. The molecule has 6 nitrogen and oxygen atoms in total. The number of alkyl halides is 3. The van der Waals surface area contributed by atoms with Crippen molar-refractivity contribution < 1.29 is 27.8 Å². The summed E-state index contributed by atoms with van der Waals surface area (Å²) >= 11 is 6.09. The third-order valence-electron chi connectivity index (χ3n) is 4.24. The molecule has 2 aromatic carbocycles. The highest BCUT2D eigenvalue weighted by Gasteiger charge is 2.40. The van der Waals surface area contributed by atoms with Crippen LogP contribution in [0.25, 0.3) is 27.8 Å². The standard InChI is InChI=1S/C19H10ClF3N2O4/c20-11-3-1-2-4-12(11)25-8-9(7-24-25)14-15(27)10-5-6-13(26)16(28)17(10)29-18(14)19(21,22)23/h1-8,26,28H. The average Bonchev–Trinajstić information content (AvgIpc) is 3.13. The van der Waals surface area contributed by atoms with Crippen molar-refractivity contribution in [2.45, 2.75) is 6.18 Å². The molecule has 0 fully saturated rings. The molecular formula is C19H10ClF3N2O4. The zero-order valence-corrected chi connectivity index (χ0v) is 15.0. The molecule has 0 unspecified atom stereocenters. The lowest BCUT2D eigenvalue weighted by atomic mass is 10.0. The largest absolute Gasteiger partial charge is 0.504 e. The Balaban J connectivity index is 2.02. The monoisotopic (exact) mass is 422 g/mol. The zero-order chi connectivity index (χ0) is 20.9. The summed E-state index contributed by atoms with van der Waals surface area (Å²) in [5.41, 5.74) is -2.31. The van der Waals surface area contributed by atoms with E-state index in [2.05, 4.69) is 5.10 Å². The summed E-state index contributed by atoms with van der Waals surface area (Å²) in [6.07, 6.45) is -2.75. The first-order valence-corrected chi connectivity index (χ1v) is 8.45. The molecule has 0 atom stereocenters. The fourth-order valence-electron chi connectivity index (χ4n) is 2.92. The van der Waals surface area contributed by atoms with E-state index in [1.165, 1.54) is 10.9 Å². The number of rotatable bonds is 2. The fourth-order valence-corrected chi connectivity index (χ4v) is 3.14. The number of phenols is 2. The van der Waals surface area contributed by atoms with Crippen molar-refractivity contribution in [3.63, 3.8) is 0 Å². The topological polar surface area (TPSA) is 88.5 Å². The number of hydrogen-bond donors (Lipinski definition) is 2. The van der Waals surface area contributed by atoms with Crippen LogP contribution in [0.4, 0.5) is 13.2 Å². The average molecular weight is 423 g/mol. The van der Waals surface area contributed by atoms with E-state index in [4.69, 9.17) is 16.0 Å². The lowest BCUT2D eigenvalue weighted by Crippen LogP contribution is -2.16. The van der Waals surface area contributed by atoms with Crippen LogP contribution in [0.1, 0.15) is 5.76 Å². The predicted octanol–water partition coefficient (Wildman–Crippen LogP) is 4.73. The Kier molecular flexibility index (Phi) is 4.27. The summed E-state index contributed by atoms with van der Waals surface area (Å²) in [4.78, 5) is 12.9. The number of fused-ring (bicyclic) bond motifs is 1. The summed E-state index contributed by atoms with van der Waals surface area (Å²) in [6.45, 7) is 0. The normalized spacial score (nSPS) is 11.9. The van der Waals surface area contributed by atoms with Gasteiger partial charge in [-0.2, -0.15) is 18.3 Å². The van der Waals surface area contributed by atoms with Crippen LogP contribution >= 0.6 is 11.6 Å². The van der Waals surface area contributed by atoms with Gasteiger partial charge in [0.15, 0.2) is 11.3 Å². The molecule has 0 bridgehead atoms. The van der Waals surface area contributed by atoms with Gasteiger partial charge in [-0.25, -0.2) is 4.68 Å². The summed E-state index contributed by atoms with van der Waals surface area (Å²) in [5, 5.41) is 23.3. The molecule has 2 aromatic heterocycles. The fraction of sp³-hybridized carbons (Fsp3) is 0.0526. The van der Waals surface area contributed by atoms with Gasteiger partial charge in [0.25, 0.3) is 0 Å². The Morgan fingerprint density at radius 2 is 1.83 bits per heavy atom. The van der Waals surface area contributed by atoms with Crippen LogP contribution in [0.15, 0.2) is 58.0 Å². The van der Waals surface area contributed by atoms with E-state index in [-0.39, 0.29) is 10.9 Å². The molecule has 0 aliphatic heterocycles. The lowest BCUT2D eigenvalue weighted by Gasteiger charge is -2.12. The predicted molar refractivity (Wildman–Crippen MR) is 98.4 cm³/mol. The maximum absolute atomic E-state index is 13.6. The Morgan fingerprint density at radius 1 is 1.10 bits per heavy atom. The third-order valence-corrected chi connectivity index (χ3v) is 4.56. The van der Waals surface area contributed by atoms with Crippen molar-refractivity contribution >= 4 is 22.6 Å². The molecular weight excluding hydrogens is 413 g/mol. The smallest absolute Gasteiger partial charge is 0.450 e. The molecule has 2 N–H and O–H groups in total. The highest BCUT2D eigenvalue weighted by Crippen LogP contribution is 2.41. The maximum atomic E-state index is 13.6. The maximum Gasteiger partial charge on any atom is 0.450 e. The van der Waals surface area contributed by atoms with Crippen molar-refractivity contribution in [1.82, 2.24) is 9.78 Å². The van der Waals surface area contributed by atoms with Crippen LogP contribution in [-0.2, 0) is 6.18 Å². The Hall–Kier alpha value is -3.46. The SMILES string of the molecule is O=c1c(-c2cnn(-c3ccccc3Cl)c2)c(C(F)(F)F)oc2c(O)c(O)ccc12. The molecule has 0 aliphatic rings. The second-order valence-corrected chi connectivity index (χ2v) is 6.48. The molecule has 29 heavy (non-hydrogen) atoms. The Bertz CT molecular complexity index is 1310. The van der Waals surface area contributed by atoms with E-state index in [0.717, 1.165) is 18.3 Å². The summed E-state index contributed by atoms with van der Waals surface area (Å²) < 4.78 is 47.0. The molecule has 0 amide bonds. The molecule has 4 rings (SSSR count). The van der Waals surface area contributed by atoms with E-state index in [0.29, 0.717) is 10.7 Å². The van der Waals surface area contributed by atoms with Crippen LogP contribution in [0.5, 0.6) is 11.5 Å². The van der Waals surface area contributed by atoms with E-state index >= 15 is 0 Å². The minimum Gasteiger partial charge on any atom is -0.504 e. The molecule has 148 valence electrons. The highest BCUT2D eigenvalue weighted by molar-refractivity contribution is 6.32. The molecule has 10 heteroatoms. The van der Waals surface area contributed by atoms with Crippen LogP contribution in [0.2, 0.25) is 5.02 Å². The van der Waals surface area contributed by atoms with Gasteiger partial charge in [0.2, 0.25) is 16.9 Å². The first-order valence-electron chi connectivity index (χ1n) is 8.07. The van der Waals surface area contributed by atoms with Crippen molar-refractivity contribution in [3.05, 3.63) is 69.8 Å². The van der Waals surface area contributed by atoms with Gasteiger partial charge in [0, 0.05) is 11.8 Å². The van der Waals surface area contributed by atoms with Crippen LogP contribution < -0.4 is 5.43 Å². The zero-order valence-electron chi connectivity index (χ0n) is 14.2. The van der Waals surface area contributed by atoms with Crippen molar-refractivity contribution in [2.24, 2.45) is 0 Å². The molecule has 0 radical (unpaired) electrons. The van der Waals surface area contributed by atoms with E-state index < -0.39 is 40.0 Å². The lowest BCUT2D eigenvalue weighted by molar-refractivity contribution is -0.152. The number of aromatic nitrogens is 2. The number of phenolic OH excluding ortho intramolecular Hbond substituents is 2. The van der Waals surface area contributed by atoms with Gasteiger partial charge in [0.1, 0.15) is 0 Å². The number of halogens is 4. The Labute approximate surface area is 165 Å². The summed E-state index contributed by atoms with van der Waals surface area (Å²) in [6, 6.07) is 8.59. The number of aromatic hydroxyl groups is 2. The van der Waals surface area contributed by atoms with Gasteiger partial charge in [-0.3, -0.25) is 4.79 Å². The molecule has 0 saturated heterocycles. The van der Waals surface area contributed by atoms with Gasteiger partial charge in [-0.05, 0) is 24.3 Å². The van der Waals surface area contributed by atoms with Gasteiger partial charge in [0.05, 0.1) is 27.9 Å². The Morgan fingerprint density at radius 3 is 2.52 bits per heavy atom. The van der Waals surface area contributed by atoms with E-state index in [1.807, 2.05) is 0 Å². The molecule has 0 spiro atoms.